The zero-order chi connectivity index (χ0) is 9.26. The van der Waals surface area contributed by atoms with Crippen LogP contribution in [0.1, 0.15) is 0 Å². The molecule has 4 heteroatoms. The van der Waals surface area contributed by atoms with Gasteiger partial charge in [0.2, 0.25) is 0 Å². The molecule has 0 amide bonds. The summed E-state index contributed by atoms with van der Waals surface area (Å²) in [7, 11) is 0. The second-order valence-electron chi connectivity index (χ2n) is 2.82. The monoisotopic (exact) mass is 226 g/mol. The molecule has 0 spiro atoms. The Labute approximate surface area is 93.0 Å². The highest BCUT2D eigenvalue weighted by Gasteiger charge is 2.05. The molecule has 0 saturated carbocycles. The van der Waals surface area contributed by atoms with Gasteiger partial charge in [-0.05, 0) is 34.5 Å². The van der Waals surface area contributed by atoms with Crippen molar-refractivity contribution in [2.24, 2.45) is 0 Å². The Morgan fingerprint density at radius 3 is 2.14 bits per heavy atom. The highest BCUT2D eigenvalue weighted by Crippen LogP contribution is 2.32. The summed E-state index contributed by atoms with van der Waals surface area (Å²) in [4.78, 5) is 0. The standard InChI is InChI=1S/C10H10N2S.ClH/c11-8-2-1-3-9(12)10(8)7-4-5-13-6-7;/h1-6H,11-12H2;1H. The van der Waals surface area contributed by atoms with Crippen molar-refractivity contribution in [3.8, 4) is 11.1 Å². The molecule has 0 aliphatic carbocycles. The van der Waals surface area contributed by atoms with Gasteiger partial charge in [-0.3, -0.25) is 0 Å². The molecule has 74 valence electrons. The van der Waals surface area contributed by atoms with Gasteiger partial charge in [-0.15, -0.1) is 12.4 Å². The SMILES string of the molecule is Cl.Nc1cccc(N)c1-c1ccsc1. The van der Waals surface area contributed by atoms with E-state index in [0.717, 1.165) is 22.5 Å². The van der Waals surface area contributed by atoms with Crippen LogP contribution in [-0.4, -0.2) is 0 Å². The van der Waals surface area contributed by atoms with E-state index in [0.29, 0.717) is 0 Å². The predicted octanol–water partition coefficient (Wildman–Crippen LogP) is 3.00. The van der Waals surface area contributed by atoms with E-state index in [1.807, 2.05) is 35.0 Å². The molecule has 0 atom stereocenters. The Morgan fingerprint density at radius 1 is 1.00 bits per heavy atom. The minimum Gasteiger partial charge on any atom is -0.398 e. The van der Waals surface area contributed by atoms with Crippen LogP contribution >= 0.6 is 23.7 Å². The number of rotatable bonds is 1. The third-order valence-corrected chi connectivity index (χ3v) is 2.62. The molecular weight excluding hydrogens is 216 g/mol. The minimum absolute atomic E-state index is 0. The van der Waals surface area contributed by atoms with Crippen LogP contribution in [0.5, 0.6) is 0 Å². The van der Waals surface area contributed by atoms with Crippen LogP contribution in [0.3, 0.4) is 0 Å². The van der Waals surface area contributed by atoms with Gasteiger partial charge in [0.05, 0.1) is 0 Å². The Bertz CT molecular complexity index is 392. The molecule has 0 aliphatic rings. The molecule has 2 rings (SSSR count). The zero-order valence-corrected chi connectivity index (χ0v) is 9.07. The molecule has 0 aliphatic heterocycles. The second kappa shape index (κ2) is 4.35. The van der Waals surface area contributed by atoms with Gasteiger partial charge >= 0.3 is 0 Å². The number of hydrogen-bond donors (Lipinski definition) is 2. The van der Waals surface area contributed by atoms with Crippen LogP contribution in [0.4, 0.5) is 11.4 Å². The number of hydrogen-bond acceptors (Lipinski definition) is 3. The molecule has 0 saturated heterocycles. The summed E-state index contributed by atoms with van der Waals surface area (Å²) in [5.41, 5.74) is 15.2. The van der Waals surface area contributed by atoms with Crippen molar-refractivity contribution in [1.82, 2.24) is 0 Å². The van der Waals surface area contributed by atoms with Crippen LogP contribution in [-0.2, 0) is 0 Å². The molecule has 1 aromatic carbocycles. The van der Waals surface area contributed by atoms with Crippen molar-refractivity contribution < 1.29 is 0 Å². The van der Waals surface area contributed by atoms with Crippen molar-refractivity contribution in [3.05, 3.63) is 35.0 Å². The molecule has 1 aromatic heterocycles. The summed E-state index contributed by atoms with van der Waals surface area (Å²) in [6.45, 7) is 0. The molecule has 2 nitrogen and oxygen atoms in total. The van der Waals surface area contributed by atoms with Gasteiger partial charge < -0.3 is 11.5 Å². The van der Waals surface area contributed by atoms with Crippen LogP contribution in [0.15, 0.2) is 35.0 Å². The summed E-state index contributed by atoms with van der Waals surface area (Å²) in [6, 6.07) is 7.61. The molecule has 0 bridgehead atoms. The number of halogens is 1. The quantitative estimate of drug-likeness (QED) is 0.735. The van der Waals surface area contributed by atoms with E-state index < -0.39 is 0 Å². The summed E-state index contributed by atoms with van der Waals surface area (Å²) in [6.07, 6.45) is 0. The molecule has 0 radical (unpaired) electrons. The number of benzene rings is 1. The fourth-order valence-electron chi connectivity index (χ4n) is 1.33. The Morgan fingerprint density at radius 2 is 1.64 bits per heavy atom. The van der Waals surface area contributed by atoms with E-state index in [1.165, 1.54) is 0 Å². The Hall–Kier alpha value is -1.19. The maximum absolute atomic E-state index is 5.84. The normalized spacial score (nSPS) is 9.43. The highest BCUT2D eigenvalue weighted by atomic mass is 35.5. The largest absolute Gasteiger partial charge is 0.398 e. The summed E-state index contributed by atoms with van der Waals surface area (Å²) >= 11 is 1.64. The van der Waals surface area contributed by atoms with Gasteiger partial charge in [-0.1, -0.05) is 6.07 Å². The van der Waals surface area contributed by atoms with Gasteiger partial charge in [0, 0.05) is 16.9 Å². The lowest BCUT2D eigenvalue weighted by Gasteiger charge is -2.06. The van der Waals surface area contributed by atoms with E-state index in [-0.39, 0.29) is 12.4 Å². The maximum atomic E-state index is 5.84. The Balaban J connectivity index is 0.000000980. The van der Waals surface area contributed by atoms with Crippen molar-refractivity contribution in [2.75, 3.05) is 11.5 Å². The predicted molar refractivity (Wildman–Crippen MR) is 65.8 cm³/mol. The van der Waals surface area contributed by atoms with Crippen LogP contribution < -0.4 is 11.5 Å². The number of anilines is 2. The van der Waals surface area contributed by atoms with E-state index in [9.17, 15) is 0 Å². The van der Waals surface area contributed by atoms with Gasteiger partial charge in [-0.25, -0.2) is 0 Å². The molecule has 0 fully saturated rings. The van der Waals surface area contributed by atoms with Crippen molar-refractivity contribution >= 4 is 35.1 Å². The van der Waals surface area contributed by atoms with E-state index in [4.69, 9.17) is 11.5 Å². The van der Waals surface area contributed by atoms with Crippen molar-refractivity contribution in [1.29, 1.82) is 0 Å². The van der Waals surface area contributed by atoms with Crippen LogP contribution in [0.2, 0.25) is 0 Å². The molecule has 4 N–H and O–H groups in total. The fourth-order valence-corrected chi connectivity index (χ4v) is 1.98. The zero-order valence-electron chi connectivity index (χ0n) is 7.44. The second-order valence-corrected chi connectivity index (χ2v) is 3.60. The summed E-state index contributed by atoms with van der Waals surface area (Å²) in [5.74, 6) is 0. The van der Waals surface area contributed by atoms with E-state index in [1.54, 1.807) is 11.3 Å². The lowest BCUT2D eigenvalue weighted by molar-refractivity contribution is 1.64. The van der Waals surface area contributed by atoms with Gasteiger partial charge in [0.1, 0.15) is 0 Å². The van der Waals surface area contributed by atoms with Crippen molar-refractivity contribution in [2.45, 2.75) is 0 Å². The van der Waals surface area contributed by atoms with Gasteiger partial charge in [0.25, 0.3) is 0 Å². The van der Waals surface area contributed by atoms with Gasteiger partial charge in [-0.2, -0.15) is 11.3 Å². The number of nitrogens with two attached hydrogens (primary N) is 2. The van der Waals surface area contributed by atoms with Gasteiger partial charge in [0.15, 0.2) is 0 Å². The van der Waals surface area contributed by atoms with Crippen molar-refractivity contribution in [3.63, 3.8) is 0 Å². The third-order valence-electron chi connectivity index (χ3n) is 1.94. The fraction of sp³-hybridized carbons (Fsp3) is 0. The van der Waals surface area contributed by atoms with E-state index in [2.05, 4.69) is 0 Å². The maximum Gasteiger partial charge on any atom is 0.0414 e. The average Bonchev–Trinajstić information content (AvgIpc) is 2.57. The first-order valence-corrected chi connectivity index (χ1v) is 4.90. The van der Waals surface area contributed by atoms with Crippen LogP contribution in [0, 0.1) is 0 Å². The van der Waals surface area contributed by atoms with Crippen LogP contribution in [0.25, 0.3) is 11.1 Å². The number of thiophene rings is 1. The first-order valence-electron chi connectivity index (χ1n) is 3.95. The lowest BCUT2D eigenvalue weighted by atomic mass is 10.1. The topological polar surface area (TPSA) is 52.0 Å². The average molecular weight is 227 g/mol. The third kappa shape index (κ3) is 1.84. The molecular formula is C10H11ClN2S. The smallest absolute Gasteiger partial charge is 0.0414 e. The molecule has 1 heterocycles. The first-order chi connectivity index (χ1) is 6.29. The first kappa shape index (κ1) is 10.9. The molecule has 14 heavy (non-hydrogen) atoms. The minimum atomic E-state index is 0. The highest BCUT2D eigenvalue weighted by molar-refractivity contribution is 7.08. The van der Waals surface area contributed by atoms with E-state index >= 15 is 0 Å². The summed E-state index contributed by atoms with van der Waals surface area (Å²) < 4.78 is 0. The Kier molecular flexibility index (Phi) is 3.38. The lowest BCUT2D eigenvalue weighted by Crippen LogP contribution is -1.94. The number of nitrogen functional groups attached to an aromatic ring is 2. The molecule has 0 unspecified atom stereocenters. The summed E-state index contributed by atoms with van der Waals surface area (Å²) in [5, 5.41) is 4.06. The molecule has 2 aromatic rings.